The molecule has 0 spiro atoms. The Morgan fingerprint density at radius 1 is 1.43 bits per heavy atom. The van der Waals surface area contributed by atoms with Crippen molar-refractivity contribution in [1.82, 2.24) is 24.9 Å². The van der Waals surface area contributed by atoms with Crippen molar-refractivity contribution < 1.29 is 4.79 Å². The lowest BCUT2D eigenvalue weighted by molar-refractivity contribution is 0.0948. The summed E-state index contributed by atoms with van der Waals surface area (Å²) in [5.41, 5.74) is 3.40. The summed E-state index contributed by atoms with van der Waals surface area (Å²) < 4.78 is 3.60. The van der Waals surface area contributed by atoms with Gasteiger partial charge in [-0.15, -0.1) is 0 Å². The molecule has 3 heterocycles. The van der Waals surface area contributed by atoms with Crippen LogP contribution in [-0.4, -0.2) is 32.0 Å². The molecule has 0 aliphatic rings. The normalized spacial score (nSPS) is 12.3. The highest BCUT2D eigenvalue weighted by atomic mass is 32.1. The number of rotatable bonds is 5. The van der Waals surface area contributed by atoms with Gasteiger partial charge in [0.05, 0.1) is 17.3 Å². The number of thiophene rings is 1. The topological polar surface area (TPSA) is 64.7 Å². The third-order valence-corrected chi connectivity index (χ3v) is 4.67. The summed E-state index contributed by atoms with van der Waals surface area (Å²) >= 11 is 1.64. The SMILES string of the molecule is Cc1nn(C)c(C)c1C(=O)NCC(c1ccsc1)n1cccn1. The van der Waals surface area contributed by atoms with Crippen LogP contribution in [0.15, 0.2) is 35.3 Å². The van der Waals surface area contributed by atoms with Crippen molar-refractivity contribution >= 4 is 17.2 Å². The van der Waals surface area contributed by atoms with Gasteiger partial charge in [-0.05, 0) is 42.3 Å². The van der Waals surface area contributed by atoms with E-state index in [2.05, 4.69) is 27.0 Å². The van der Waals surface area contributed by atoms with Gasteiger partial charge in [-0.1, -0.05) is 0 Å². The van der Waals surface area contributed by atoms with E-state index in [4.69, 9.17) is 0 Å². The van der Waals surface area contributed by atoms with Crippen molar-refractivity contribution in [2.75, 3.05) is 6.54 Å². The molecule has 3 aromatic rings. The predicted octanol–water partition coefficient (Wildman–Crippen LogP) is 2.31. The maximum Gasteiger partial charge on any atom is 0.255 e. The lowest BCUT2D eigenvalue weighted by Gasteiger charge is -2.17. The van der Waals surface area contributed by atoms with E-state index in [1.165, 1.54) is 0 Å². The maximum atomic E-state index is 12.6. The molecule has 0 aliphatic heterocycles. The van der Waals surface area contributed by atoms with E-state index in [1.54, 1.807) is 22.2 Å². The zero-order chi connectivity index (χ0) is 16.4. The quantitative estimate of drug-likeness (QED) is 0.781. The van der Waals surface area contributed by atoms with E-state index < -0.39 is 0 Å². The average Bonchev–Trinajstić information content (AvgIpc) is 3.24. The molecule has 3 rings (SSSR count). The van der Waals surface area contributed by atoms with Crippen molar-refractivity contribution in [3.8, 4) is 0 Å². The van der Waals surface area contributed by atoms with Crippen LogP contribution in [0.4, 0.5) is 0 Å². The van der Waals surface area contributed by atoms with E-state index in [0.29, 0.717) is 12.1 Å². The van der Waals surface area contributed by atoms with Crippen LogP contribution >= 0.6 is 11.3 Å². The standard InChI is InChI=1S/C16H19N5OS/c1-11-15(12(2)20(3)19-11)16(22)17-9-14(13-5-8-23-10-13)21-7-4-6-18-21/h4-8,10,14H,9H2,1-3H3,(H,17,22). The first-order chi connectivity index (χ1) is 11.1. The van der Waals surface area contributed by atoms with Crippen molar-refractivity contribution in [3.05, 3.63) is 57.8 Å². The molecule has 0 aliphatic carbocycles. The number of nitrogens with zero attached hydrogens (tertiary/aromatic N) is 4. The Morgan fingerprint density at radius 3 is 2.83 bits per heavy atom. The number of aromatic nitrogens is 4. The minimum absolute atomic E-state index is 0.0162. The second-order valence-electron chi connectivity index (χ2n) is 5.44. The van der Waals surface area contributed by atoms with Gasteiger partial charge in [-0.2, -0.15) is 21.5 Å². The lowest BCUT2D eigenvalue weighted by Crippen LogP contribution is -2.32. The molecule has 23 heavy (non-hydrogen) atoms. The monoisotopic (exact) mass is 329 g/mol. The third kappa shape index (κ3) is 3.05. The highest BCUT2D eigenvalue weighted by Crippen LogP contribution is 2.20. The summed E-state index contributed by atoms with van der Waals surface area (Å²) in [5.74, 6) is -0.0968. The fourth-order valence-electron chi connectivity index (χ4n) is 2.67. The molecular formula is C16H19N5OS. The largest absolute Gasteiger partial charge is 0.349 e. The van der Waals surface area contributed by atoms with Gasteiger partial charge in [0, 0.05) is 31.7 Å². The van der Waals surface area contributed by atoms with Gasteiger partial charge in [0.1, 0.15) is 0 Å². The second-order valence-corrected chi connectivity index (χ2v) is 6.22. The number of hydrogen-bond acceptors (Lipinski definition) is 4. The highest BCUT2D eigenvalue weighted by Gasteiger charge is 2.20. The summed E-state index contributed by atoms with van der Waals surface area (Å²) in [5, 5.41) is 15.7. The van der Waals surface area contributed by atoms with Gasteiger partial charge >= 0.3 is 0 Å². The summed E-state index contributed by atoms with van der Waals surface area (Å²) in [4.78, 5) is 12.6. The van der Waals surface area contributed by atoms with E-state index in [0.717, 1.165) is 17.0 Å². The molecule has 0 aromatic carbocycles. The molecule has 0 fully saturated rings. The Hall–Kier alpha value is -2.41. The summed E-state index contributed by atoms with van der Waals surface area (Å²) in [6, 6.07) is 3.93. The van der Waals surface area contributed by atoms with Crippen molar-refractivity contribution in [1.29, 1.82) is 0 Å². The number of carbonyl (C=O) groups is 1. The highest BCUT2D eigenvalue weighted by molar-refractivity contribution is 7.07. The van der Waals surface area contributed by atoms with Crippen LogP contribution in [0.25, 0.3) is 0 Å². The number of nitrogens with one attached hydrogen (secondary N) is 1. The molecule has 1 unspecified atom stereocenters. The van der Waals surface area contributed by atoms with Crippen LogP contribution in [0.3, 0.4) is 0 Å². The molecule has 1 N–H and O–H groups in total. The molecule has 1 atom stereocenters. The van der Waals surface area contributed by atoms with Crippen LogP contribution < -0.4 is 5.32 Å². The molecular weight excluding hydrogens is 310 g/mol. The smallest absolute Gasteiger partial charge is 0.255 e. The maximum absolute atomic E-state index is 12.6. The molecule has 6 nitrogen and oxygen atoms in total. The van der Waals surface area contributed by atoms with Crippen molar-refractivity contribution in [2.45, 2.75) is 19.9 Å². The van der Waals surface area contributed by atoms with Crippen LogP contribution in [0, 0.1) is 13.8 Å². The number of aryl methyl sites for hydroxylation is 2. The van der Waals surface area contributed by atoms with Gasteiger partial charge in [-0.25, -0.2) is 0 Å². The number of hydrogen-bond donors (Lipinski definition) is 1. The third-order valence-electron chi connectivity index (χ3n) is 3.96. The van der Waals surface area contributed by atoms with Crippen molar-refractivity contribution in [3.63, 3.8) is 0 Å². The first-order valence-electron chi connectivity index (χ1n) is 7.37. The lowest BCUT2D eigenvalue weighted by atomic mass is 10.1. The molecule has 3 aromatic heterocycles. The van der Waals surface area contributed by atoms with Gasteiger partial charge in [0.2, 0.25) is 0 Å². The zero-order valence-corrected chi connectivity index (χ0v) is 14.2. The van der Waals surface area contributed by atoms with E-state index in [9.17, 15) is 4.79 Å². The van der Waals surface area contributed by atoms with Crippen LogP contribution in [0.1, 0.15) is 33.4 Å². The molecule has 7 heteroatoms. The summed E-state index contributed by atoms with van der Waals surface area (Å²) in [7, 11) is 1.84. The molecule has 1 amide bonds. The first kappa shape index (κ1) is 15.5. The molecule has 0 saturated carbocycles. The van der Waals surface area contributed by atoms with E-state index >= 15 is 0 Å². The Balaban J connectivity index is 1.78. The minimum Gasteiger partial charge on any atom is -0.349 e. The zero-order valence-electron chi connectivity index (χ0n) is 13.4. The average molecular weight is 329 g/mol. The van der Waals surface area contributed by atoms with Crippen LogP contribution in [-0.2, 0) is 7.05 Å². The number of carbonyl (C=O) groups excluding carboxylic acids is 1. The van der Waals surface area contributed by atoms with Crippen molar-refractivity contribution in [2.24, 2.45) is 7.05 Å². The van der Waals surface area contributed by atoms with E-state index in [1.807, 2.05) is 43.2 Å². The second kappa shape index (κ2) is 6.37. The first-order valence-corrected chi connectivity index (χ1v) is 8.32. The molecule has 120 valence electrons. The van der Waals surface area contributed by atoms with Gasteiger partial charge < -0.3 is 5.32 Å². The Labute approximate surface area is 138 Å². The molecule has 0 radical (unpaired) electrons. The molecule has 0 saturated heterocycles. The van der Waals surface area contributed by atoms with Gasteiger partial charge in [0.25, 0.3) is 5.91 Å². The van der Waals surface area contributed by atoms with E-state index in [-0.39, 0.29) is 11.9 Å². The Kier molecular flexibility index (Phi) is 4.29. The summed E-state index contributed by atoms with van der Waals surface area (Å²) in [6.45, 7) is 4.23. The van der Waals surface area contributed by atoms with Gasteiger partial charge in [-0.3, -0.25) is 14.2 Å². The fourth-order valence-corrected chi connectivity index (χ4v) is 3.38. The van der Waals surface area contributed by atoms with Gasteiger partial charge in [0.15, 0.2) is 0 Å². The Bertz CT molecular complexity index is 755. The van der Waals surface area contributed by atoms with Crippen LogP contribution in [0.2, 0.25) is 0 Å². The fraction of sp³-hybridized carbons (Fsp3) is 0.312. The Morgan fingerprint density at radius 2 is 2.26 bits per heavy atom. The minimum atomic E-state index is -0.0968. The summed E-state index contributed by atoms with van der Waals surface area (Å²) in [6.07, 6.45) is 3.66. The van der Waals surface area contributed by atoms with Crippen LogP contribution in [0.5, 0.6) is 0 Å². The molecule has 0 bridgehead atoms. The number of amides is 1. The predicted molar refractivity (Wildman–Crippen MR) is 89.7 cm³/mol.